The molecule has 9 heteroatoms. The van der Waals surface area contributed by atoms with E-state index in [0.717, 1.165) is 24.7 Å². The number of likely N-dealkylation sites (N-methyl/N-ethyl adjacent to an activating group) is 1. The van der Waals surface area contributed by atoms with Gasteiger partial charge < -0.3 is 10.1 Å². The summed E-state index contributed by atoms with van der Waals surface area (Å²) in [5.74, 6) is -1.54. The Balaban J connectivity index is 0.00000264. The lowest BCUT2D eigenvalue weighted by Crippen LogP contribution is -2.38. The number of carbonyl (C=O) groups excluding carboxylic acids is 1. The molecule has 1 unspecified atom stereocenters. The highest BCUT2D eigenvalue weighted by Crippen LogP contribution is 2.22. The van der Waals surface area contributed by atoms with E-state index < -0.39 is 21.8 Å². The summed E-state index contributed by atoms with van der Waals surface area (Å²) >= 11 is 0. The van der Waals surface area contributed by atoms with Crippen molar-refractivity contribution in [2.24, 2.45) is 0 Å². The monoisotopic (exact) mass is 366 g/mol. The third-order valence-corrected chi connectivity index (χ3v) is 5.50. The van der Waals surface area contributed by atoms with Gasteiger partial charge in [-0.25, -0.2) is 17.6 Å². The lowest BCUT2D eigenvalue weighted by Gasteiger charge is -2.23. The lowest BCUT2D eigenvalue weighted by atomic mass is 10.2. The number of hydrogen-bond donors (Lipinski definition) is 1. The zero-order chi connectivity index (χ0) is 16.3. The van der Waals surface area contributed by atoms with Crippen molar-refractivity contribution in [3.05, 3.63) is 29.6 Å². The van der Waals surface area contributed by atoms with Crippen LogP contribution in [0.15, 0.2) is 23.1 Å². The van der Waals surface area contributed by atoms with E-state index >= 15 is 0 Å². The Kier molecular flexibility index (Phi) is 6.94. The fourth-order valence-corrected chi connectivity index (χ4v) is 3.80. The van der Waals surface area contributed by atoms with Gasteiger partial charge in [-0.1, -0.05) is 0 Å². The van der Waals surface area contributed by atoms with E-state index in [0.29, 0.717) is 13.0 Å². The molecule has 6 nitrogen and oxygen atoms in total. The van der Waals surface area contributed by atoms with Gasteiger partial charge in [-0.2, -0.15) is 4.31 Å². The van der Waals surface area contributed by atoms with Crippen molar-refractivity contribution in [3.8, 4) is 0 Å². The summed E-state index contributed by atoms with van der Waals surface area (Å²) in [4.78, 5) is 11.4. The van der Waals surface area contributed by atoms with E-state index in [1.165, 1.54) is 11.4 Å². The van der Waals surface area contributed by atoms with Gasteiger partial charge >= 0.3 is 5.97 Å². The highest BCUT2D eigenvalue weighted by molar-refractivity contribution is 7.89. The third-order valence-electron chi connectivity index (χ3n) is 3.61. The molecule has 0 spiro atoms. The van der Waals surface area contributed by atoms with Crippen LogP contribution in [0.1, 0.15) is 23.7 Å². The first-order valence-corrected chi connectivity index (χ1v) is 8.46. The summed E-state index contributed by atoms with van der Waals surface area (Å²) in [5, 5.41) is 3.08. The Hall–Kier alpha value is -1.22. The maximum absolute atomic E-state index is 13.7. The van der Waals surface area contributed by atoms with Crippen molar-refractivity contribution in [1.82, 2.24) is 9.62 Å². The first kappa shape index (κ1) is 19.8. The van der Waals surface area contributed by atoms with Gasteiger partial charge in [-0.05, 0) is 38.1 Å². The Morgan fingerprint density at radius 3 is 2.70 bits per heavy atom. The number of ether oxygens (including phenoxy) is 1. The molecule has 1 N–H and O–H groups in total. The van der Waals surface area contributed by atoms with Gasteiger partial charge in [-0.15, -0.1) is 12.4 Å². The van der Waals surface area contributed by atoms with Gasteiger partial charge in [0.15, 0.2) is 0 Å². The van der Waals surface area contributed by atoms with Gasteiger partial charge in [0.2, 0.25) is 10.0 Å². The molecule has 1 aliphatic rings. The molecule has 2 rings (SSSR count). The largest absolute Gasteiger partial charge is 0.462 e. The molecule has 1 atom stereocenters. The highest BCUT2D eigenvalue weighted by atomic mass is 35.5. The zero-order valence-electron chi connectivity index (χ0n) is 12.9. The molecule has 0 aromatic heterocycles. The molecule has 0 aliphatic carbocycles. The normalized spacial score (nSPS) is 17.8. The third kappa shape index (κ3) is 4.41. The minimum absolute atomic E-state index is 0. The summed E-state index contributed by atoms with van der Waals surface area (Å²) in [7, 11) is -2.41. The SMILES string of the molecule is CCOC(=O)c1cc(F)cc(S(=O)(=O)N(C)C2CCNC2)c1.Cl. The number of halogens is 2. The minimum Gasteiger partial charge on any atom is -0.462 e. The Labute approximate surface area is 141 Å². The van der Waals surface area contributed by atoms with E-state index in [-0.39, 0.29) is 35.5 Å². The molecule has 1 fully saturated rings. The van der Waals surface area contributed by atoms with Gasteiger partial charge in [0.05, 0.1) is 17.1 Å². The summed E-state index contributed by atoms with van der Waals surface area (Å²) in [6, 6.07) is 2.85. The van der Waals surface area contributed by atoms with Crippen LogP contribution >= 0.6 is 12.4 Å². The van der Waals surface area contributed by atoms with Gasteiger partial charge in [0, 0.05) is 19.6 Å². The van der Waals surface area contributed by atoms with Gasteiger partial charge in [0.25, 0.3) is 0 Å². The van der Waals surface area contributed by atoms with E-state index in [2.05, 4.69) is 5.32 Å². The first-order chi connectivity index (χ1) is 10.4. The molecule has 1 saturated heterocycles. The van der Waals surface area contributed by atoms with Crippen LogP contribution in [0.4, 0.5) is 4.39 Å². The molecule has 130 valence electrons. The molecule has 0 saturated carbocycles. The molecule has 0 amide bonds. The standard InChI is InChI=1S/C14H19FN2O4S.ClH/c1-3-21-14(18)10-6-11(15)8-13(7-10)22(19,20)17(2)12-4-5-16-9-12;/h6-8,12,16H,3-5,9H2,1-2H3;1H. The molecule has 0 bridgehead atoms. The van der Waals surface area contributed by atoms with E-state index in [4.69, 9.17) is 4.74 Å². The predicted octanol–water partition coefficient (Wildman–Crippen LogP) is 1.41. The highest BCUT2D eigenvalue weighted by Gasteiger charge is 2.31. The summed E-state index contributed by atoms with van der Waals surface area (Å²) in [6.45, 7) is 3.04. The van der Waals surface area contributed by atoms with Crippen LogP contribution < -0.4 is 5.32 Å². The molecule has 1 aliphatic heterocycles. The average Bonchev–Trinajstić information content (AvgIpc) is 3.00. The molecule has 1 heterocycles. The molecule has 23 heavy (non-hydrogen) atoms. The Bertz CT molecular complexity index is 663. The Morgan fingerprint density at radius 2 is 2.13 bits per heavy atom. The predicted molar refractivity (Wildman–Crippen MR) is 85.8 cm³/mol. The molecule has 1 aromatic rings. The van der Waals surface area contributed by atoms with Crippen LogP contribution in [0.3, 0.4) is 0 Å². The van der Waals surface area contributed by atoms with Gasteiger partial charge in [0.1, 0.15) is 5.82 Å². The number of sulfonamides is 1. The lowest BCUT2D eigenvalue weighted by molar-refractivity contribution is 0.0525. The van der Waals surface area contributed by atoms with Crippen LogP contribution in [0.2, 0.25) is 0 Å². The number of hydrogen-bond acceptors (Lipinski definition) is 5. The van der Waals surface area contributed by atoms with Crippen molar-refractivity contribution in [3.63, 3.8) is 0 Å². The zero-order valence-corrected chi connectivity index (χ0v) is 14.5. The van der Waals surface area contributed by atoms with Crippen LogP contribution in [-0.2, 0) is 14.8 Å². The maximum Gasteiger partial charge on any atom is 0.338 e. The van der Waals surface area contributed by atoms with Crippen molar-refractivity contribution in [2.75, 3.05) is 26.7 Å². The van der Waals surface area contributed by atoms with Crippen molar-refractivity contribution < 1.29 is 22.3 Å². The van der Waals surface area contributed by atoms with E-state index in [1.807, 2.05) is 0 Å². The van der Waals surface area contributed by atoms with E-state index in [1.54, 1.807) is 6.92 Å². The number of esters is 1. The second-order valence-electron chi connectivity index (χ2n) is 5.06. The smallest absolute Gasteiger partial charge is 0.338 e. The van der Waals surface area contributed by atoms with Crippen LogP contribution in [0, 0.1) is 5.82 Å². The minimum atomic E-state index is -3.87. The Morgan fingerprint density at radius 1 is 1.43 bits per heavy atom. The average molecular weight is 367 g/mol. The number of benzene rings is 1. The molecule has 1 aromatic carbocycles. The second-order valence-corrected chi connectivity index (χ2v) is 7.06. The summed E-state index contributed by atoms with van der Waals surface area (Å²) in [6.07, 6.45) is 0.690. The summed E-state index contributed by atoms with van der Waals surface area (Å²) < 4.78 is 44.9. The van der Waals surface area contributed by atoms with Crippen molar-refractivity contribution in [1.29, 1.82) is 0 Å². The number of carbonyl (C=O) groups is 1. The van der Waals surface area contributed by atoms with Crippen LogP contribution in [0.5, 0.6) is 0 Å². The van der Waals surface area contributed by atoms with Crippen LogP contribution in [0.25, 0.3) is 0 Å². The topological polar surface area (TPSA) is 75.7 Å². The quantitative estimate of drug-likeness (QED) is 0.797. The molecular formula is C14H20ClFN2O4S. The number of nitrogens with zero attached hydrogens (tertiary/aromatic N) is 1. The van der Waals surface area contributed by atoms with Crippen molar-refractivity contribution >= 4 is 28.4 Å². The van der Waals surface area contributed by atoms with E-state index in [9.17, 15) is 17.6 Å². The van der Waals surface area contributed by atoms with Crippen molar-refractivity contribution in [2.45, 2.75) is 24.3 Å². The summed E-state index contributed by atoms with van der Waals surface area (Å²) in [5.41, 5.74) is -0.113. The number of rotatable bonds is 5. The fourth-order valence-electron chi connectivity index (χ4n) is 2.36. The van der Waals surface area contributed by atoms with Crippen LogP contribution in [-0.4, -0.2) is 51.5 Å². The van der Waals surface area contributed by atoms with Gasteiger partial charge in [-0.3, -0.25) is 0 Å². The fraction of sp³-hybridized carbons (Fsp3) is 0.500. The second kappa shape index (κ2) is 8.05. The molecular weight excluding hydrogens is 347 g/mol. The molecule has 0 radical (unpaired) electrons. The maximum atomic E-state index is 13.7. The first-order valence-electron chi connectivity index (χ1n) is 7.02. The number of nitrogens with one attached hydrogen (secondary N) is 1.